The van der Waals surface area contributed by atoms with E-state index in [1.165, 1.54) is 63.2 Å². The number of hydrogen-bond donors (Lipinski definition) is 0. The molecule has 20 heavy (non-hydrogen) atoms. The fourth-order valence-electron chi connectivity index (χ4n) is 4.31. The topological polar surface area (TPSA) is 0 Å². The van der Waals surface area contributed by atoms with Crippen LogP contribution < -0.4 is 0 Å². The molecule has 0 nitrogen and oxygen atoms in total. The average Bonchev–Trinajstić information content (AvgIpc) is 2.53. The molecular weight excluding hydrogens is 240 g/mol. The molecule has 0 spiro atoms. The second kappa shape index (κ2) is 5.24. The van der Waals surface area contributed by atoms with Crippen molar-refractivity contribution in [3.05, 3.63) is 47.0 Å². The zero-order valence-corrected chi connectivity index (χ0v) is 12.3. The van der Waals surface area contributed by atoms with Gasteiger partial charge in [-0.3, -0.25) is 0 Å². The highest BCUT2D eigenvalue weighted by atomic mass is 14.2. The number of aryl methyl sites for hydroxylation is 2. The molecule has 2 aromatic rings. The molecule has 2 aliphatic carbocycles. The fourth-order valence-corrected chi connectivity index (χ4v) is 4.31. The maximum atomic E-state index is 2.54. The third kappa shape index (κ3) is 2.16. The first-order chi connectivity index (χ1) is 9.92. The first-order valence-electron chi connectivity index (χ1n) is 8.46. The summed E-state index contributed by atoms with van der Waals surface area (Å²) in [5.41, 5.74) is 4.88. The Kier molecular flexibility index (Phi) is 3.26. The van der Waals surface area contributed by atoms with Crippen LogP contribution >= 0.6 is 0 Å². The fraction of sp³-hybridized carbons (Fsp3) is 0.500. The van der Waals surface area contributed by atoms with Crippen molar-refractivity contribution in [2.45, 2.75) is 63.7 Å². The Morgan fingerprint density at radius 3 is 2.30 bits per heavy atom. The van der Waals surface area contributed by atoms with Crippen molar-refractivity contribution in [3.8, 4) is 0 Å². The first-order valence-corrected chi connectivity index (χ1v) is 8.46. The minimum atomic E-state index is 0.814. The van der Waals surface area contributed by atoms with E-state index in [0.717, 1.165) is 5.92 Å². The summed E-state index contributed by atoms with van der Waals surface area (Å²) in [5, 5.41) is 3.04. The van der Waals surface area contributed by atoms with Gasteiger partial charge >= 0.3 is 0 Å². The van der Waals surface area contributed by atoms with E-state index < -0.39 is 0 Å². The van der Waals surface area contributed by atoms with Gasteiger partial charge in [0.2, 0.25) is 0 Å². The lowest BCUT2D eigenvalue weighted by Gasteiger charge is -2.24. The SMILES string of the molecule is c1cc(C2CCCCC2)c2cc3c(cc2c1)CCCC3. The highest BCUT2D eigenvalue weighted by Crippen LogP contribution is 2.37. The molecule has 1 fully saturated rings. The summed E-state index contributed by atoms with van der Waals surface area (Å²) in [6.07, 6.45) is 12.4. The normalized spacial score (nSPS) is 20.0. The Morgan fingerprint density at radius 2 is 1.50 bits per heavy atom. The molecule has 0 unspecified atom stereocenters. The second-order valence-corrected chi connectivity index (χ2v) is 6.73. The number of hydrogen-bond acceptors (Lipinski definition) is 0. The number of rotatable bonds is 1. The Bertz CT molecular complexity index is 617. The van der Waals surface area contributed by atoms with E-state index in [9.17, 15) is 0 Å². The summed E-state index contributed by atoms with van der Waals surface area (Å²) in [7, 11) is 0. The van der Waals surface area contributed by atoms with Crippen LogP contribution in [0, 0.1) is 0 Å². The quantitative estimate of drug-likeness (QED) is 0.613. The van der Waals surface area contributed by atoms with Crippen LogP contribution in [0.4, 0.5) is 0 Å². The van der Waals surface area contributed by atoms with Gasteiger partial charge in [0.05, 0.1) is 0 Å². The average molecular weight is 264 g/mol. The van der Waals surface area contributed by atoms with Crippen LogP contribution in [0.15, 0.2) is 30.3 Å². The molecule has 2 aromatic carbocycles. The van der Waals surface area contributed by atoms with Gasteiger partial charge in [0.15, 0.2) is 0 Å². The van der Waals surface area contributed by atoms with Crippen LogP contribution in [0.3, 0.4) is 0 Å². The molecule has 0 aliphatic heterocycles. The molecule has 4 rings (SSSR count). The van der Waals surface area contributed by atoms with Crippen LogP contribution in [0.1, 0.15) is 67.6 Å². The Balaban J connectivity index is 1.84. The maximum absolute atomic E-state index is 2.54. The van der Waals surface area contributed by atoms with Gasteiger partial charge < -0.3 is 0 Å². The standard InChI is InChI=1S/C20H24/c1-2-7-15(8-3-1)19-12-6-11-18-13-16-9-4-5-10-17(16)14-20(18)19/h6,11-15H,1-5,7-10H2. The van der Waals surface area contributed by atoms with Crippen LogP contribution in [0.5, 0.6) is 0 Å². The third-order valence-electron chi connectivity index (χ3n) is 5.42. The monoisotopic (exact) mass is 264 g/mol. The van der Waals surface area contributed by atoms with Gasteiger partial charge in [0.1, 0.15) is 0 Å². The maximum Gasteiger partial charge on any atom is -0.0146 e. The van der Waals surface area contributed by atoms with Gasteiger partial charge in [-0.1, -0.05) is 49.6 Å². The van der Waals surface area contributed by atoms with Crippen LogP contribution in [-0.4, -0.2) is 0 Å². The van der Waals surface area contributed by atoms with Crippen molar-refractivity contribution in [2.24, 2.45) is 0 Å². The minimum Gasteiger partial charge on any atom is -0.0613 e. The van der Waals surface area contributed by atoms with Crippen molar-refractivity contribution >= 4 is 10.8 Å². The van der Waals surface area contributed by atoms with Gasteiger partial charge in [-0.05, 0) is 71.9 Å². The van der Waals surface area contributed by atoms with Gasteiger partial charge in [0, 0.05) is 0 Å². The largest absolute Gasteiger partial charge is 0.0613 e. The Morgan fingerprint density at radius 1 is 0.750 bits per heavy atom. The molecule has 2 aliphatic rings. The summed E-state index contributed by atoms with van der Waals surface area (Å²) in [4.78, 5) is 0. The van der Waals surface area contributed by atoms with E-state index >= 15 is 0 Å². The summed E-state index contributed by atoms with van der Waals surface area (Å²) in [6, 6.07) is 12.0. The highest BCUT2D eigenvalue weighted by molar-refractivity contribution is 5.88. The van der Waals surface area contributed by atoms with Crippen molar-refractivity contribution < 1.29 is 0 Å². The molecular formula is C20H24. The molecule has 0 saturated heterocycles. The zero-order chi connectivity index (χ0) is 13.4. The molecule has 1 saturated carbocycles. The molecule has 0 aromatic heterocycles. The predicted molar refractivity (Wildman–Crippen MR) is 86.4 cm³/mol. The summed E-state index contributed by atoms with van der Waals surface area (Å²) in [5.74, 6) is 0.814. The first kappa shape index (κ1) is 12.4. The van der Waals surface area contributed by atoms with Gasteiger partial charge in [0.25, 0.3) is 0 Å². The van der Waals surface area contributed by atoms with Crippen molar-refractivity contribution in [2.75, 3.05) is 0 Å². The number of benzene rings is 2. The van der Waals surface area contributed by atoms with Crippen molar-refractivity contribution in [3.63, 3.8) is 0 Å². The molecule has 0 amide bonds. The van der Waals surface area contributed by atoms with E-state index in [0.29, 0.717) is 0 Å². The highest BCUT2D eigenvalue weighted by Gasteiger charge is 2.19. The molecule has 0 N–H and O–H groups in total. The zero-order valence-electron chi connectivity index (χ0n) is 12.3. The lowest BCUT2D eigenvalue weighted by molar-refractivity contribution is 0.445. The van der Waals surface area contributed by atoms with Gasteiger partial charge in [-0.15, -0.1) is 0 Å². The molecule has 0 bridgehead atoms. The summed E-state index contributed by atoms with van der Waals surface area (Å²) < 4.78 is 0. The summed E-state index contributed by atoms with van der Waals surface area (Å²) >= 11 is 0. The van der Waals surface area contributed by atoms with Crippen molar-refractivity contribution in [1.29, 1.82) is 0 Å². The van der Waals surface area contributed by atoms with Gasteiger partial charge in [-0.2, -0.15) is 0 Å². The van der Waals surface area contributed by atoms with Crippen LogP contribution in [0.25, 0.3) is 10.8 Å². The molecule has 0 radical (unpaired) electrons. The predicted octanol–water partition coefficient (Wildman–Crippen LogP) is 5.77. The van der Waals surface area contributed by atoms with Crippen LogP contribution in [0.2, 0.25) is 0 Å². The van der Waals surface area contributed by atoms with Crippen LogP contribution in [-0.2, 0) is 12.8 Å². The Hall–Kier alpha value is -1.30. The molecule has 0 atom stereocenters. The second-order valence-electron chi connectivity index (χ2n) is 6.73. The Labute approximate surface area is 122 Å². The molecule has 0 heterocycles. The third-order valence-corrected chi connectivity index (χ3v) is 5.42. The van der Waals surface area contributed by atoms with E-state index in [-0.39, 0.29) is 0 Å². The smallest absolute Gasteiger partial charge is 0.0146 e. The summed E-state index contributed by atoms with van der Waals surface area (Å²) in [6.45, 7) is 0. The van der Waals surface area contributed by atoms with E-state index in [1.54, 1.807) is 22.1 Å². The molecule has 0 heteroatoms. The lowest BCUT2D eigenvalue weighted by atomic mass is 9.80. The van der Waals surface area contributed by atoms with E-state index in [4.69, 9.17) is 0 Å². The minimum absolute atomic E-state index is 0.814. The lowest BCUT2D eigenvalue weighted by Crippen LogP contribution is -2.06. The molecule has 104 valence electrons. The van der Waals surface area contributed by atoms with Gasteiger partial charge in [-0.25, -0.2) is 0 Å². The number of fused-ring (bicyclic) bond motifs is 2. The van der Waals surface area contributed by atoms with Crippen molar-refractivity contribution in [1.82, 2.24) is 0 Å². The van der Waals surface area contributed by atoms with E-state index in [1.807, 2.05) is 0 Å². The van der Waals surface area contributed by atoms with E-state index in [2.05, 4.69) is 30.3 Å².